The first-order valence-electron chi connectivity index (χ1n) is 13.1. The van der Waals surface area contributed by atoms with Gasteiger partial charge in [-0.05, 0) is 49.4 Å². The molecule has 4 aromatic rings. The minimum absolute atomic E-state index is 0.212. The second-order valence-electron chi connectivity index (χ2n) is 10.2. The largest absolute Gasteiger partial charge is 0.483 e. The number of halogens is 4. The molecule has 0 radical (unpaired) electrons. The molecule has 3 aromatic carbocycles. The summed E-state index contributed by atoms with van der Waals surface area (Å²) in [6.07, 6.45) is -4.81. The number of aromatic amines is 1. The number of thiazole rings is 1. The highest BCUT2D eigenvalue weighted by Gasteiger charge is 2.57. The summed E-state index contributed by atoms with van der Waals surface area (Å²) >= 11 is 5.22. The predicted octanol–water partition coefficient (Wildman–Crippen LogP) is 6.34. The maximum atomic E-state index is 14.0. The molecule has 0 saturated carbocycles. The van der Waals surface area contributed by atoms with Gasteiger partial charge in [-0.15, -0.1) is 0 Å². The Hall–Kier alpha value is -3.88. The molecule has 14 heteroatoms. The number of H-pyrrole nitrogens is 1. The fourth-order valence-corrected chi connectivity index (χ4v) is 8.25. The van der Waals surface area contributed by atoms with Crippen LogP contribution in [0.2, 0.25) is 0 Å². The van der Waals surface area contributed by atoms with Crippen LogP contribution >= 0.6 is 39.0 Å². The van der Waals surface area contributed by atoms with E-state index >= 15 is 0 Å². The number of nitrogens with one attached hydrogen (secondary N) is 2. The number of aromatic nitrogens is 1. The molecule has 0 bridgehead atoms. The summed E-state index contributed by atoms with van der Waals surface area (Å²) in [6, 6.07) is 16.5. The fourth-order valence-electron chi connectivity index (χ4n) is 5.37. The molecule has 2 aliphatic heterocycles. The van der Waals surface area contributed by atoms with Crippen molar-refractivity contribution < 1.29 is 32.3 Å². The van der Waals surface area contributed by atoms with Gasteiger partial charge >= 0.3 is 11.0 Å². The number of fused-ring (bicyclic) bond motifs is 2. The van der Waals surface area contributed by atoms with Crippen LogP contribution in [0.4, 0.5) is 24.5 Å². The van der Waals surface area contributed by atoms with E-state index in [0.29, 0.717) is 30.5 Å². The van der Waals surface area contributed by atoms with Crippen molar-refractivity contribution in [3.05, 3.63) is 102 Å². The van der Waals surface area contributed by atoms with Gasteiger partial charge < -0.3 is 15.0 Å². The number of nitrogens with zero attached hydrogens (tertiary/aromatic N) is 1. The summed E-state index contributed by atoms with van der Waals surface area (Å²) < 4.78 is 48.3. The molecule has 0 aliphatic carbocycles. The lowest BCUT2D eigenvalue weighted by molar-refractivity contribution is -0.137. The molecule has 1 fully saturated rings. The molecule has 2 aliphatic rings. The van der Waals surface area contributed by atoms with Gasteiger partial charge in [-0.2, -0.15) is 13.2 Å². The molecule has 2 N–H and O–H groups in total. The Morgan fingerprint density at radius 2 is 1.77 bits per heavy atom. The van der Waals surface area contributed by atoms with Crippen LogP contribution in [-0.2, 0) is 20.6 Å². The molecule has 1 aromatic heterocycles. The van der Waals surface area contributed by atoms with E-state index in [2.05, 4.69) is 26.2 Å². The SMILES string of the molecule is Cc1ccc(NC(=O)COc2ccc(Br)cc2[C@@H]2c3sc(=O)[nH]c3S[C@H]3C(=O)N(c4ccccc4C(F)(F)F)C(=O)[C@@H]23)cc1. The Morgan fingerprint density at radius 3 is 2.50 bits per heavy atom. The second kappa shape index (κ2) is 11.6. The molecule has 3 atom stereocenters. The van der Waals surface area contributed by atoms with Gasteiger partial charge in [0.05, 0.1) is 22.2 Å². The van der Waals surface area contributed by atoms with E-state index in [1.807, 2.05) is 19.1 Å². The van der Waals surface area contributed by atoms with E-state index < -0.39 is 63.7 Å². The van der Waals surface area contributed by atoms with Crippen LogP contribution in [0.3, 0.4) is 0 Å². The Morgan fingerprint density at radius 1 is 1.05 bits per heavy atom. The lowest BCUT2D eigenvalue weighted by Crippen LogP contribution is -2.33. The normalized spacial score (nSPS) is 19.5. The van der Waals surface area contributed by atoms with Gasteiger partial charge in [-0.25, -0.2) is 4.90 Å². The third kappa shape index (κ3) is 5.57. The zero-order chi connectivity index (χ0) is 31.3. The minimum atomic E-state index is -4.81. The van der Waals surface area contributed by atoms with Gasteiger partial charge in [0.15, 0.2) is 6.61 Å². The number of hydrogen-bond acceptors (Lipinski definition) is 7. The van der Waals surface area contributed by atoms with Crippen molar-refractivity contribution in [3.63, 3.8) is 0 Å². The van der Waals surface area contributed by atoms with Crippen LogP contribution in [0.15, 0.2) is 81.0 Å². The summed E-state index contributed by atoms with van der Waals surface area (Å²) in [5, 5.41) is 1.97. The van der Waals surface area contributed by atoms with Crippen LogP contribution in [-0.4, -0.2) is 34.6 Å². The van der Waals surface area contributed by atoms with Crippen molar-refractivity contribution in [3.8, 4) is 5.75 Å². The Labute approximate surface area is 264 Å². The number of thioether (sulfide) groups is 1. The number of carbonyl (C=O) groups is 3. The fraction of sp³-hybridized carbons (Fsp3) is 0.200. The molecule has 0 unspecified atom stereocenters. The van der Waals surface area contributed by atoms with Gasteiger partial charge in [-0.1, -0.05) is 68.9 Å². The van der Waals surface area contributed by atoms with Crippen LogP contribution in [0, 0.1) is 12.8 Å². The maximum Gasteiger partial charge on any atom is 0.418 e. The van der Waals surface area contributed by atoms with Gasteiger partial charge in [0.1, 0.15) is 11.0 Å². The van der Waals surface area contributed by atoms with Crippen LogP contribution in [0.25, 0.3) is 0 Å². The molecule has 6 rings (SSSR count). The highest BCUT2D eigenvalue weighted by molar-refractivity contribution is 9.10. The number of amides is 3. The summed E-state index contributed by atoms with van der Waals surface area (Å²) in [7, 11) is 0. The zero-order valence-electron chi connectivity index (χ0n) is 22.6. The van der Waals surface area contributed by atoms with Crippen molar-refractivity contribution in [2.24, 2.45) is 5.92 Å². The van der Waals surface area contributed by atoms with E-state index in [4.69, 9.17) is 4.74 Å². The zero-order valence-corrected chi connectivity index (χ0v) is 25.8. The minimum Gasteiger partial charge on any atom is -0.483 e. The van der Waals surface area contributed by atoms with E-state index in [9.17, 15) is 32.3 Å². The number of aryl methyl sites for hydroxylation is 1. The van der Waals surface area contributed by atoms with Crippen molar-refractivity contribution >= 4 is 68.1 Å². The van der Waals surface area contributed by atoms with E-state index in [-0.39, 0.29) is 5.75 Å². The Kier molecular flexibility index (Phi) is 7.92. The third-order valence-corrected chi connectivity index (χ3v) is 10.2. The summed E-state index contributed by atoms with van der Waals surface area (Å²) in [5.41, 5.74) is 0.314. The number of ether oxygens (including phenoxy) is 1. The number of alkyl halides is 3. The molecule has 1 saturated heterocycles. The summed E-state index contributed by atoms with van der Waals surface area (Å²) in [4.78, 5) is 56.3. The second-order valence-corrected chi connectivity index (χ2v) is 13.2. The molecule has 8 nitrogen and oxygen atoms in total. The van der Waals surface area contributed by atoms with Gasteiger partial charge in [0.25, 0.3) is 5.91 Å². The summed E-state index contributed by atoms with van der Waals surface area (Å²) in [6.45, 7) is 1.52. The molecule has 0 spiro atoms. The first-order valence-corrected chi connectivity index (χ1v) is 15.6. The molecular formula is C30H21BrF3N3O5S2. The summed E-state index contributed by atoms with van der Waals surface area (Å²) in [5.74, 6) is -3.99. The van der Waals surface area contributed by atoms with Gasteiger partial charge in [0, 0.05) is 26.5 Å². The molecule has 3 amide bonds. The average Bonchev–Trinajstić information content (AvgIpc) is 3.47. The third-order valence-electron chi connectivity index (χ3n) is 7.28. The van der Waals surface area contributed by atoms with E-state index in [1.54, 1.807) is 30.3 Å². The molecule has 226 valence electrons. The topological polar surface area (TPSA) is 109 Å². The van der Waals surface area contributed by atoms with E-state index in [1.165, 1.54) is 12.1 Å². The maximum absolute atomic E-state index is 14.0. The van der Waals surface area contributed by atoms with Crippen molar-refractivity contribution in [1.29, 1.82) is 0 Å². The number of para-hydroxylation sites is 1. The highest BCUT2D eigenvalue weighted by atomic mass is 79.9. The lowest BCUT2D eigenvalue weighted by atomic mass is 9.82. The van der Waals surface area contributed by atoms with Gasteiger partial charge in [-0.3, -0.25) is 19.2 Å². The first kappa shape index (κ1) is 30.2. The average molecular weight is 705 g/mol. The number of imide groups is 1. The Bertz CT molecular complexity index is 1860. The number of hydrogen-bond donors (Lipinski definition) is 2. The van der Waals surface area contributed by atoms with Gasteiger partial charge in [0.2, 0.25) is 11.8 Å². The van der Waals surface area contributed by atoms with Crippen molar-refractivity contribution in [1.82, 2.24) is 4.98 Å². The number of carbonyl (C=O) groups excluding carboxylic acids is 3. The Balaban J connectivity index is 1.38. The smallest absolute Gasteiger partial charge is 0.418 e. The number of benzene rings is 3. The molecule has 3 heterocycles. The van der Waals surface area contributed by atoms with Crippen LogP contribution < -0.4 is 19.8 Å². The highest BCUT2D eigenvalue weighted by Crippen LogP contribution is 2.55. The molecule has 44 heavy (non-hydrogen) atoms. The quantitative estimate of drug-likeness (QED) is 0.227. The van der Waals surface area contributed by atoms with Crippen LogP contribution in [0.5, 0.6) is 5.75 Å². The van der Waals surface area contributed by atoms with E-state index in [0.717, 1.165) is 40.8 Å². The standard InChI is InChI=1S/C30H21BrF3N3O5S2/c1-14-6-9-16(10-7-14)35-21(38)13-42-20-11-8-15(31)12-17(20)22-23-25(43-26-24(22)44-29(41)36-26)28(40)37(27(23)39)19-5-3-2-4-18(19)30(32,33)34/h2-12,22-23,25H,13H2,1H3,(H,35,38)(H,36,41)/t22-,23-,25+/m0/s1. The molecular weight excluding hydrogens is 683 g/mol. The first-order chi connectivity index (χ1) is 20.9. The number of anilines is 2. The number of rotatable bonds is 6. The van der Waals surface area contributed by atoms with Crippen molar-refractivity contribution in [2.45, 2.75) is 29.3 Å². The predicted molar refractivity (Wildman–Crippen MR) is 163 cm³/mol. The monoisotopic (exact) mass is 703 g/mol. The lowest BCUT2D eigenvalue weighted by Gasteiger charge is -2.31. The van der Waals surface area contributed by atoms with Crippen LogP contribution in [0.1, 0.15) is 27.5 Å². The van der Waals surface area contributed by atoms with Crippen molar-refractivity contribution in [2.75, 3.05) is 16.8 Å².